The normalized spacial score (nSPS) is 9.75. The van der Waals surface area contributed by atoms with Crippen LogP contribution in [0.1, 0.15) is 27.4 Å². The monoisotopic (exact) mass is 323 g/mol. The Kier molecular flexibility index (Phi) is 6.27. The number of carbonyl (C=O) groups excluding carboxylic acids is 1. The predicted octanol–water partition coefficient (Wildman–Crippen LogP) is 3.44. The van der Waals surface area contributed by atoms with Crippen molar-refractivity contribution in [1.82, 2.24) is 5.32 Å². The van der Waals surface area contributed by atoms with Gasteiger partial charge in [-0.1, -0.05) is 36.1 Å². The lowest BCUT2D eigenvalue weighted by Gasteiger charge is -2.07. The van der Waals surface area contributed by atoms with E-state index in [1.165, 1.54) is 0 Å². The van der Waals surface area contributed by atoms with Crippen LogP contribution >= 0.6 is 0 Å². The maximum Gasteiger partial charge on any atom is 0.255 e. The molecule has 0 bridgehead atoms. The smallest absolute Gasteiger partial charge is 0.255 e. The number of carbonyl (C=O) groups is 1. The zero-order valence-corrected chi connectivity index (χ0v) is 14.0. The Morgan fingerprint density at radius 2 is 2.12 bits per heavy atom. The Labute approximate surface area is 142 Å². The van der Waals surface area contributed by atoms with E-state index < -0.39 is 0 Å². The minimum atomic E-state index is -0.184. The van der Waals surface area contributed by atoms with Gasteiger partial charge in [0, 0.05) is 0 Å². The van der Waals surface area contributed by atoms with Gasteiger partial charge in [0.25, 0.3) is 5.91 Å². The fraction of sp³-hybridized carbons (Fsp3) is 0.250. The first-order valence-corrected chi connectivity index (χ1v) is 7.74. The van der Waals surface area contributed by atoms with Crippen LogP contribution in [0.3, 0.4) is 0 Å². The number of para-hydroxylation sites is 1. The molecule has 2 rings (SSSR count). The van der Waals surface area contributed by atoms with Gasteiger partial charge in [-0.2, -0.15) is 0 Å². The molecule has 0 aliphatic heterocycles. The summed E-state index contributed by atoms with van der Waals surface area (Å²) in [6.07, 6.45) is 2.59. The van der Waals surface area contributed by atoms with Crippen LogP contribution in [0.25, 0.3) is 0 Å². The predicted molar refractivity (Wildman–Crippen MR) is 94.1 cm³/mol. The molecule has 0 fully saturated rings. The van der Waals surface area contributed by atoms with Crippen molar-refractivity contribution in [1.29, 1.82) is 0 Å². The van der Waals surface area contributed by atoms with E-state index in [0.717, 1.165) is 23.5 Å². The van der Waals surface area contributed by atoms with Crippen LogP contribution in [-0.2, 0) is 6.42 Å². The summed E-state index contributed by atoms with van der Waals surface area (Å²) in [6.45, 7) is 7.85. The van der Waals surface area contributed by atoms with Crippen molar-refractivity contribution >= 4 is 5.91 Å². The molecule has 1 N–H and O–H groups in total. The zero-order valence-electron chi connectivity index (χ0n) is 14.0. The van der Waals surface area contributed by atoms with Gasteiger partial charge in [0.05, 0.1) is 12.1 Å². The second-order valence-corrected chi connectivity index (χ2v) is 5.25. The summed E-state index contributed by atoms with van der Waals surface area (Å²) in [5.74, 6) is 7.72. The second-order valence-electron chi connectivity index (χ2n) is 5.25. The van der Waals surface area contributed by atoms with Crippen molar-refractivity contribution < 1.29 is 13.9 Å². The Bertz CT molecular complexity index is 778. The highest BCUT2D eigenvalue weighted by Gasteiger charge is 2.11. The first-order chi connectivity index (χ1) is 11.6. The van der Waals surface area contributed by atoms with Crippen LogP contribution in [0.4, 0.5) is 0 Å². The fourth-order valence-corrected chi connectivity index (χ4v) is 2.27. The Morgan fingerprint density at radius 1 is 1.33 bits per heavy atom. The van der Waals surface area contributed by atoms with Gasteiger partial charge in [-0.25, -0.2) is 0 Å². The lowest BCUT2D eigenvalue weighted by Crippen LogP contribution is -2.23. The maximum absolute atomic E-state index is 12.0. The topological polar surface area (TPSA) is 51.5 Å². The third-order valence-electron chi connectivity index (χ3n) is 3.38. The molecule has 0 saturated carbocycles. The molecular formula is C20H21NO3. The first kappa shape index (κ1) is 17.4. The van der Waals surface area contributed by atoms with Crippen LogP contribution in [0, 0.1) is 25.7 Å². The van der Waals surface area contributed by atoms with Gasteiger partial charge in [-0.3, -0.25) is 4.79 Å². The molecular weight excluding hydrogens is 302 g/mol. The minimum absolute atomic E-state index is 0.184. The number of allylic oxidation sites excluding steroid dienone is 1. The van der Waals surface area contributed by atoms with E-state index in [2.05, 4.69) is 23.7 Å². The average Bonchev–Trinajstić information content (AvgIpc) is 2.91. The van der Waals surface area contributed by atoms with Crippen molar-refractivity contribution in [3.8, 4) is 17.6 Å². The van der Waals surface area contributed by atoms with Gasteiger partial charge in [0.15, 0.2) is 0 Å². The molecule has 0 radical (unpaired) electrons. The molecule has 0 aliphatic rings. The van der Waals surface area contributed by atoms with Crippen molar-refractivity contribution in [3.05, 3.63) is 65.6 Å². The summed E-state index contributed by atoms with van der Waals surface area (Å²) in [6, 6.07) is 9.52. The molecule has 1 aromatic heterocycles. The van der Waals surface area contributed by atoms with Gasteiger partial charge >= 0.3 is 0 Å². The highest BCUT2D eigenvalue weighted by Crippen LogP contribution is 2.18. The first-order valence-electron chi connectivity index (χ1n) is 7.74. The van der Waals surface area contributed by atoms with E-state index in [1.54, 1.807) is 13.0 Å². The summed E-state index contributed by atoms with van der Waals surface area (Å²) >= 11 is 0. The van der Waals surface area contributed by atoms with Gasteiger partial charge in [0.2, 0.25) is 0 Å². The summed E-state index contributed by atoms with van der Waals surface area (Å²) < 4.78 is 11.0. The van der Waals surface area contributed by atoms with Gasteiger partial charge in [-0.05, 0) is 38.0 Å². The number of furan rings is 1. The van der Waals surface area contributed by atoms with E-state index in [0.29, 0.717) is 11.3 Å². The minimum Gasteiger partial charge on any atom is -0.481 e. The SMILES string of the molecule is C=CCc1ccccc1OCC#CCNC(=O)c1cc(C)oc1C. The number of hydrogen-bond donors (Lipinski definition) is 1. The van der Waals surface area contributed by atoms with Crippen molar-refractivity contribution in [2.75, 3.05) is 13.2 Å². The highest BCUT2D eigenvalue weighted by molar-refractivity contribution is 5.95. The van der Waals surface area contributed by atoms with Crippen LogP contribution in [0.5, 0.6) is 5.75 Å². The van der Waals surface area contributed by atoms with Crippen LogP contribution < -0.4 is 10.1 Å². The van der Waals surface area contributed by atoms with Gasteiger partial charge < -0.3 is 14.5 Å². The quantitative estimate of drug-likeness (QED) is 0.654. The van der Waals surface area contributed by atoms with E-state index in [-0.39, 0.29) is 19.1 Å². The largest absolute Gasteiger partial charge is 0.481 e. The average molecular weight is 323 g/mol. The summed E-state index contributed by atoms with van der Waals surface area (Å²) in [4.78, 5) is 12.0. The van der Waals surface area contributed by atoms with Crippen molar-refractivity contribution in [2.45, 2.75) is 20.3 Å². The lowest BCUT2D eigenvalue weighted by molar-refractivity contribution is 0.0957. The maximum atomic E-state index is 12.0. The summed E-state index contributed by atoms with van der Waals surface area (Å²) in [5.41, 5.74) is 1.62. The fourth-order valence-electron chi connectivity index (χ4n) is 2.27. The molecule has 0 spiro atoms. The number of rotatable bonds is 6. The lowest BCUT2D eigenvalue weighted by atomic mass is 10.1. The van der Waals surface area contributed by atoms with E-state index in [4.69, 9.17) is 9.15 Å². The van der Waals surface area contributed by atoms with Crippen LogP contribution in [0.15, 0.2) is 47.4 Å². The summed E-state index contributed by atoms with van der Waals surface area (Å²) in [7, 11) is 0. The number of ether oxygens (including phenoxy) is 1. The summed E-state index contributed by atoms with van der Waals surface area (Å²) in [5, 5.41) is 2.74. The van der Waals surface area contributed by atoms with E-state index >= 15 is 0 Å². The molecule has 1 aromatic carbocycles. The Hall–Kier alpha value is -2.93. The number of hydrogen-bond acceptors (Lipinski definition) is 3. The third-order valence-corrected chi connectivity index (χ3v) is 3.38. The Balaban J connectivity index is 1.79. The molecule has 4 nitrogen and oxygen atoms in total. The van der Waals surface area contributed by atoms with Gasteiger partial charge in [-0.15, -0.1) is 6.58 Å². The molecule has 0 atom stereocenters. The van der Waals surface area contributed by atoms with E-state index in [9.17, 15) is 4.79 Å². The molecule has 0 saturated heterocycles. The second kappa shape index (κ2) is 8.64. The number of nitrogens with one attached hydrogen (secondary N) is 1. The van der Waals surface area contributed by atoms with Crippen LogP contribution in [0.2, 0.25) is 0 Å². The molecule has 24 heavy (non-hydrogen) atoms. The van der Waals surface area contributed by atoms with Crippen molar-refractivity contribution in [2.24, 2.45) is 0 Å². The molecule has 124 valence electrons. The van der Waals surface area contributed by atoms with E-state index in [1.807, 2.05) is 37.3 Å². The molecule has 0 unspecified atom stereocenters. The number of benzene rings is 1. The van der Waals surface area contributed by atoms with Gasteiger partial charge in [0.1, 0.15) is 23.9 Å². The van der Waals surface area contributed by atoms with Crippen molar-refractivity contribution in [3.63, 3.8) is 0 Å². The molecule has 1 heterocycles. The zero-order chi connectivity index (χ0) is 17.4. The molecule has 0 aliphatic carbocycles. The Morgan fingerprint density at radius 3 is 2.83 bits per heavy atom. The third kappa shape index (κ3) is 4.79. The molecule has 4 heteroatoms. The number of amides is 1. The highest BCUT2D eigenvalue weighted by atomic mass is 16.5. The van der Waals surface area contributed by atoms with Crippen LogP contribution in [-0.4, -0.2) is 19.1 Å². The molecule has 1 amide bonds. The molecule has 2 aromatic rings. The number of aryl methyl sites for hydroxylation is 2. The standard InChI is InChI=1S/C20H21NO3/c1-4-9-17-10-5-6-11-19(17)23-13-8-7-12-21-20(22)18-14-15(2)24-16(18)3/h4-6,10-11,14H,1,9,12-13H2,2-3H3,(H,21,22).